The van der Waals surface area contributed by atoms with E-state index in [1.54, 1.807) is 0 Å². The molecule has 2 saturated carbocycles. The summed E-state index contributed by atoms with van der Waals surface area (Å²) in [4.78, 5) is 15.4. The van der Waals surface area contributed by atoms with Crippen molar-refractivity contribution in [1.82, 2.24) is 0 Å². The molecule has 5 atom stereocenters. The van der Waals surface area contributed by atoms with Crippen LogP contribution in [0.4, 0.5) is 0 Å². The molecular weight excluding hydrogens is 310 g/mol. The average Bonchev–Trinajstić information content (AvgIpc) is 2.77. The fourth-order valence-corrected chi connectivity index (χ4v) is 3.42. The van der Waals surface area contributed by atoms with E-state index in [2.05, 4.69) is 23.9 Å². The van der Waals surface area contributed by atoms with Crippen LogP contribution >= 0.6 is 0 Å². The normalized spacial score (nSPS) is 30.9. The van der Waals surface area contributed by atoms with Crippen LogP contribution in [0.15, 0.2) is 5.16 Å². The van der Waals surface area contributed by atoms with Crippen molar-refractivity contribution in [3.8, 4) is 11.8 Å². The van der Waals surface area contributed by atoms with E-state index in [-0.39, 0.29) is 30.8 Å². The second kappa shape index (κ2) is 9.05. The lowest BCUT2D eigenvalue weighted by atomic mass is 9.71. The predicted molar refractivity (Wildman–Crippen MR) is 89.3 cm³/mol. The molecule has 6 heteroatoms. The Kier molecular flexibility index (Phi) is 7.07. The number of nitrogens with zero attached hydrogens (tertiary/aromatic N) is 1. The minimum absolute atomic E-state index is 0.0615. The van der Waals surface area contributed by atoms with Gasteiger partial charge in [-0.3, -0.25) is 4.79 Å². The van der Waals surface area contributed by atoms with E-state index in [1.165, 1.54) is 0 Å². The van der Waals surface area contributed by atoms with Crippen molar-refractivity contribution in [1.29, 1.82) is 0 Å². The Bertz CT molecular complexity index is 521. The van der Waals surface area contributed by atoms with Crippen molar-refractivity contribution < 1.29 is 25.0 Å². The van der Waals surface area contributed by atoms with Gasteiger partial charge in [0.1, 0.15) is 12.7 Å². The molecule has 2 aliphatic carbocycles. The molecule has 0 aromatic heterocycles. The monoisotopic (exact) mass is 337 g/mol. The van der Waals surface area contributed by atoms with Gasteiger partial charge in [-0.2, -0.15) is 0 Å². The summed E-state index contributed by atoms with van der Waals surface area (Å²) in [6.45, 7) is 2.18. The highest BCUT2D eigenvalue weighted by Gasteiger charge is 2.51. The van der Waals surface area contributed by atoms with Crippen LogP contribution < -0.4 is 0 Å². The van der Waals surface area contributed by atoms with Crippen molar-refractivity contribution in [3.05, 3.63) is 0 Å². The van der Waals surface area contributed by atoms with Gasteiger partial charge in [-0.15, -0.1) is 0 Å². The Morgan fingerprint density at radius 2 is 2.25 bits per heavy atom. The molecule has 0 aliphatic heterocycles. The minimum Gasteiger partial charge on any atom is -0.481 e. The molecular formula is C18H27NO5. The first-order valence-corrected chi connectivity index (χ1v) is 8.80. The van der Waals surface area contributed by atoms with Crippen LogP contribution in [0.3, 0.4) is 0 Å². The third kappa shape index (κ3) is 4.96. The van der Waals surface area contributed by atoms with Crippen LogP contribution in [-0.2, 0) is 9.63 Å². The molecule has 0 amide bonds. The number of aliphatic hydroxyl groups is 2. The first-order chi connectivity index (χ1) is 11.5. The summed E-state index contributed by atoms with van der Waals surface area (Å²) >= 11 is 0. The van der Waals surface area contributed by atoms with Gasteiger partial charge in [0.25, 0.3) is 0 Å². The maximum atomic E-state index is 10.4. The predicted octanol–water partition coefficient (Wildman–Crippen LogP) is 1.80. The van der Waals surface area contributed by atoms with E-state index in [4.69, 9.17) is 9.94 Å². The summed E-state index contributed by atoms with van der Waals surface area (Å²) in [5.41, 5.74) is 0.886. The Hall–Kier alpha value is -1.58. The van der Waals surface area contributed by atoms with Crippen LogP contribution in [0.1, 0.15) is 51.9 Å². The molecule has 0 saturated heterocycles. The second-order valence-corrected chi connectivity index (χ2v) is 6.66. The van der Waals surface area contributed by atoms with Gasteiger partial charge in [0.15, 0.2) is 0 Å². The lowest BCUT2D eigenvalue weighted by molar-refractivity contribution is -0.138. The molecule has 0 bridgehead atoms. The van der Waals surface area contributed by atoms with Crippen molar-refractivity contribution in [2.45, 2.75) is 64.1 Å². The van der Waals surface area contributed by atoms with Crippen molar-refractivity contribution in [3.63, 3.8) is 0 Å². The number of hydrogen-bond acceptors (Lipinski definition) is 5. The highest BCUT2D eigenvalue weighted by Crippen LogP contribution is 2.48. The smallest absolute Gasteiger partial charge is 0.306 e. The van der Waals surface area contributed by atoms with Gasteiger partial charge in [-0.25, -0.2) is 0 Å². The molecule has 0 heterocycles. The summed E-state index contributed by atoms with van der Waals surface area (Å²) in [7, 11) is 0. The van der Waals surface area contributed by atoms with Gasteiger partial charge in [0, 0.05) is 5.92 Å². The number of carbonyl (C=O) groups is 1. The number of carboxylic acid groups (broad SMARTS) is 1. The number of carboxylic acids is 1. The first-order valence-electron chi connectivity index (χ1n) is 8.80. The zero-order valence-electron chi connectivity index (χ0n) is 14.1. The fraction of sp³-hybridized carbons (Fsp3) is 0.778. The molecule has 5 unspecified atom stereocenters. The summed E-state index contributed by atoms with van der Waals surface area (Å²) in [6.07, 6.45) is 4.00. The summed E-state index contributed by atoms with van der Waals surface area (Å²) in [5, 5.41) is 32.6. The molecule has 0 aromatic rings. The lowest BCUT2D eigenvalue weighted by Crippen LogP contribution is -2.36. The number of aliphatic hydroxyl groups excluding tert-OH is 2. The first kappa shape index (κ1) is 18.8. The minimum atomic E-state index is -0.911. The van der Waals surface area contributed by atoms with E-state index < -0.39 is 18.2 Å². The highest BCUT2D eigenvalue weighted by molar-refractivity contribution is 5.93. The van der Waals surface area contributed by atoms with Crippen LogP contribution in [0.25, 0.3) is 0 Å². The maximum Gasteiger partial charge on any atom is 0.306 e. The van der Waals surface area contributed by atoms with Gasteiger partial charge in [-0.05, 0) is 31.6 Å². The third-order valence-electron chi connectivity index (χ3n) is 4.85. The van der Waals surface area contributed by atoms with Gasteiger partial charge in [0.2, 0.25) is 0 Å². The number of hydrogen-bond donors (Lipinski definition) is 3. The van der Waals surface area contributed by atoms with Crippen LogP contribution in [-0.4, -0.2) is 45.8 Å². The maximum absolute atomic E-state index is 10.4. The van der Waals surface area contributed by atoms with Crippen molar-refractivity contribution in [2.24, 2.45) is 22.9 Å². The third-order valence-corrected chi connectivity index (χ3v) is 4.85. The number of fused-ring (bicyclic) bond motifs is 1. The van der Waals surface area contributed by atoms with Gasteiger partial charge in [0.05, 0.1) is 24.2 Å². The van der Waals surface area contributed by atoms with Gasteiger partial charge in [-0.1, -0.05) is 36.8 Å². The molecule has 3 N–H and O–H groups in total. The molecule has 2 rings (SSSR count). The number of unbranched alkanes of at least 4 members (excludes halogenated alkanes) is 2. The summed E-state index contributed by atoms with van der Waals surface area (Å²) in [5.74, 6) is 5.36. The standard InChI is InChI=1S/C18H27NO5/c1-2-3-4-5-12(20)6-7-13-14-10-16(15(14)11-17(13)21)19-24-9-8-18(22)23/h12-15,17,20-21H,2-5,8-11H2,1H3,(H,22,23). The number of rotatable bonds is 8. The Labute approximate surface area is 142 Å². The highest BCUT2D eigenvalue weighted by atomic mass is 16.6. The van der Waals surface area contributed by atoms with Crippen LogP contribution in [0, 0.1) is 29.6 Å². The van der Waals surface area contributed by atoms with Crippen molar-refractivity contribution >= 4 is 11.7 Å². The molecule has 2 fully saturated rings. The van der Waals surface area contributed by atoms with Gasteiger partial charge >= 0.3 is 5.97 Å². The molecule has 0 radical (unpaired) electrons. The Balaban J connectivity index is 1.80. The number of oxime groups is 1. The summed E-state index contributed by atoms with van der Waals surface area (Å²) < 4.78 is 0. The zero-order chi connectivity index (χ0) is 17.5. The quantitative estimate of drug-likeness (QED) is 0.356. The zero-order valence-corrected chi connectivity index (χ0v) is 14.1. The van der Waals surface area contributed by atoms with E-state index in [9.17, 15) is 15.0 Å². The SMILES string of the molecule is CCCCCC(O)C#CC1C(O)CC2C(=NOCCC(=O)O)CC21. The Morgan fingerprint density at radius 1 is 1.46 bits per heavy atom. The van der Waals surface area contributed by atoms with Crippen molar-refractivity contribution in [2.75, 3.05) is 6.61 Å². The molecule has 2 aliphatic rings. The second-order valence-electron chi connectivity index (χ2n) is 6.66. The van der Waals surface area contributed by atoms with E-state index in [0.29, 0.717) is 12.8 Å². The van der Waals surface area contributed by atoms with E-state index >= 15 is 0 Å². The van der Waals surface area contributed by atoms with Crippen LogP contribution in [0.2, 0.25) is 0 Å². The molecule has 0 spiro atoms. The average molecular weight is 337 g/mol. The summed E-state index contributed by atoms with van der Waals surface area (Å²) in [6, 6.07) is 0. The van der Waals surface area contributed by atoms with Crippen LogP contribution in [0.5, 0.6) is 0 Å². The Morgan fingerprint density at radius 3 is 2.96 bits per heavy atom. The lowest BCUT2D eigenvalue weighted by Gasteiger charge is -2.33. The van der Waals surface area contributed by atoms with Gasteiger partial charge < -0.3 is 20.2 Å². The van der Waals surface area contributed by atoms with E-state index in [0.717, 1.165) is 31.4 Å². The molecule has 6 nitrogen and oxygen atoms in total. The topological polar surface area (TPSA) is 99.4 Å². The molecule has 134 valence electrons. The number of aliphatic carboxylic acids is 1. The molecule has 24 heavy (non-hydrogen) atoms. The molecule has 0 aromatic carbocycles. The largest absolute Gasteiger partial charge is 0.481 e. The fourth-order valence-electron chi connectivity index (χ4n) is 3.42. The van der Waals surface area contributed by atoms with E-state index in [1.807, 2.05) is 0 Å².